The molecule has 2 heterocycles. The minimum Gasteiger partial charge on any atom is -0.496 e. The van der Waals surface area contributed by atoms with Crippen LogP contribution in [0.4, 0.5) is 0 Å². The van der Waals surface area contributed by atoms with Crippen LogP contribution < -0.4 is 10.1 Å². The third-order valence-electron chi connectivity index (χ3n) is 5.99. The first-order valence-corrected chi connectivity index (χ1v) is 11.2. The number of rotatable bonds is 6. The summed E-state index contributed by atoms with van der Waals surface area (Å²) in [6, 6.07) is 11.5. The Morgan fingerprint density at radius 3 is 2.26 bits per heavy atom. The first kappa shape index (κ1) is 23.3. The van der Waals surface area contributed by atoms with E-state index in [-0.39, 0.29) is 35.1 Å². The molecule has 4 amide bonds. The predicted octanol–water partition coefficient (Wildman–Crippen LogP) is 2.92. The minimum atomic E-state index is -0.577. The number of nitrogens with one attached hydrogen (secondary N) is 1. The largest absolute Gasteiger partial charge is 0.496 e. The Hall–Kier alpha value is -3.85. The average molecular weight is 478 g/mol. The van der Waals surface area contributed by atoms with Gasteiger partial charge in [-0.2, -0.15) is 0 Å². The van der Waals surface area contributed by atoms with Gasteiger partial charge >= 0.3 is 0 Å². The molecular formula is C25H23N3O5S. The third-order valence-corrected chi connectivity index (χ3v) is 6.29. The van der Waals surface area contributed by atoms with E-state index in [1.165, 1.54) is 18.1 Å². The number of hydrogen-bond donors (Lipinski definition) is 1. The van der Waals surface area contributed by atoms with Gasteiger partial charge in [-0.3, -0.25) is 34.3 Å². The van der Waals surface area contributed by atoms with Gasteiger partial charge in [0.1, 0.15) is 11.3 Å². The van der Waals surface area contributed by atoms with Crippen LogP contribution in [0.25, 0.3) is 6.08 Å². The van der Waals surface area contributed by atoms with Gasteiger partial charge in [0.2, 0.25) is 0 Å². The summed E-state index contributed by atoms with van der Waals surface area (Å²) in [7, 11) is 1.49. The van der Waals surface area contributed by atoms with Gasteiger partial charge < -0.3 is 4.74 Å². The molecule has 1 saturated heterocycles. The lowest BCUT2D eigenvalue weighted by atomic mass is 10.0. The Balaban J connectivity index is 1.67. The molecule has 2 aromatic carbocycles. The van der Waals surface area contributed by atoms with Crippen LogP contribution in [0, 0.1) is 0 Å². The van der Waals surface area contributed by atoms with Gasteiger partial charge in [0.05, 0.1) is 24.8 Å². The van der Waals surface area contributed by atoms with Crippen molar-refractivity contribution in [2.45, 2.75) is 32.9 Å². The van der Waals surface area contributed by atoms with Gasteiger partial charge in [-0.05, 0) is 61.5 Å². The fourth-order valence-corrected chi connectivity index (χ4v) is 4.34. The second-order valence-electron chi connectivity index (χ2n) is 8.06. The Bertz CT molecular complexity index is 1230. The summed E-state index contributed by atoms with van der Waals surface area (Å²) in [5.41, 5.74) is 1.77. The number of carbonyl (C=O) groups is 4. The monoisotopic (exact) mass is 477 g/mol. The molecule has 0 aliphatic carbocycles. The predicted molar refractivity (Wildman–Crippen MR) is 129 cm³/mol. The van der Waals surface area contributed by atoms with Crippen molar-refractivity contribution < 1.29 is 23.9 Å². The van der Waals surface area contributed by atoms with Crippen molar-refractivity contribution >= 4 is 47.0 Å². The number of benzene rings is 2. The van der Waals surface area contributed by atoms with Crippen LogP contribution in [0.1, 0.15) is 52.1 Å². The maximum absolute atomic E-state index is 13.0. The Morgan fingerprint density at radius 2 is 1.68 bits per heavy atom. The van der Waals surface area contributed by atoms with Crippen LogP contribution in [0.5, 0.6) is 5.75 Å². The summed E-state index contributed by atoms with van der Waals surface area (Å²) in [5, 5.41) is 2.66. The van der Waals surface area contributed by atoms with E-state index >= 15 is 0 Å². The molecule has 2 aliphatic rings. The second-order valence-corrected chi connectivity index (χ2v) is 8.45. The second kappa shape index (κ2) is 9.18. The summed E-state index contributed by atoms with van der Waals surface area (Å²) < 4.78 is 5.43. The molecule has 0 aromatic heterocycles. The number of thiocarbonyl (C=S) groups is 1. The van der Waals surface area contributed by atoms with Crippen molar-refractivity contribution in [3.05, 3.63) is 70.3 Å². The number of carbonyl (C=O) groups excluding carboxylic acids is 4. The van der Waals surface area contributed by atoms with Gasteiger partial charge in [0.25, 0.3) is 23.6 Å². The molecule has 0 spiro atoms. The number of methoxy groups -OCH3 is 1. The number of fused-ring (bicyclic) bond motifs is 1. The van der Waals surface area contributed by atoms with E-state index in [0.717, 1.165) is 4.90 Å². The molecule has 34 heavy (non-hydrogen) atoms. The smallest absolute Gasteiger partial charge is 0.265 e. The van der Waals surface area contributed by atoms with Crippen molar-refractivity contribution in [3.8, 4) is 5.75 Å². The lowest BCUT2D eigenvalue weighted by Gasteiger charge is -2.33. The minimum absolute atomic E-state index is 0.0181. The number of hydrogen-bond acceptors (Lipinski definition) is 6. The van der Waals surface area contributed by atoms with Crippen LogP contribution in [0.15, 0.2) is 48.0 Å². The number of imide groups is 1. The van der Waals surface area contributed by atoms with Crippen molar-refractivity contribution in [2.75, 3.05) is 7.11 Å². The summed E-state index contributed by atoms with van der Waals surface area (Å²) in [6.07, 6.45) is 2.14. The molecule has 9 heteroatoms. The zero-order valence-corrected chi connectivity index (χ0v) is 19.8. The zero-order valence-electron chi connectivity index (χ0n) is 19.0. The number of nitrogens with zero attached hydrogens (tertiary/aromatic N) is 2. The highest BCUT2D eigenvalue weighted by atomic mass is 32.1. The van der Waals surface area contributed by atoms with Gasteiger partial charge in [-0.25, -0.2) is 0 Å². The van der Waals surface area contributed by atoms with Crippen LogP contribution in [0.2, 0.25) is 0 Å². The first-order valence-electron chi connectivity index (χ1n) is 10.8. The Labute approximate surface area is 202 Å². The molecule has 0 radical (unpaired) electrons. The summed E-state index contributed by atoms with van der Waals surface area (Å²) in [5.74, 6) is -1.34. The van der Waals surface area contributed by atoms with Gasteiger partial charge in [0, 0.05) is 11.6 Å². The molecule has 1 atom stereocenters. The van der Waals surface area contributed by atoms with E-state index in [2.05, 4.69) is 5.32 Å². The molecule has 1 unspecified atom stereocenters. The maximum Gasteiger partial charge on any atom is 0.265 e. The lowest BCUT2D eigenvalue weighted by Crippen LogP contribution is -2.56. The third kappa shape index (κ3) is 3.99. The van der Waals surface area contributed by atoms with E-state index in [0.29, 0.717) is 34.4 Å². The van der Waals surface area contributed by atoms with Gasteiger partial charge in [0.15, 0.2) is 5.11 Å². The quantitative estimate of drug-likeness (QED) is 0.298. The van der Waals surface area contributed by atoms with E-state index in [9.17, 15) is 19.2 Å². The van der Waals surface area contributed by atoms with E-state index < -0.39 is 11.8 Å². The summed E-state index contributed by atoms with van der Waals surface area (Å²) >= 11 is 5.19. The molecule has 1 fully saturated rings. The molecule has 8 nitrogen and oxygen atoms in total. The molecule has 1 N–H and O–H groups in total. The number of ether oxygens (including phenoxy) is 1. The highest BCUT2D eigenvalue weighted by molar-refractivity contribution is 7.80. The SMILES string of the molecule is CCC(C)N1C(=O)/C(=C\c2ccc(OC)c(CN3C(=O)c4ccccc4C3=O)c2)C(=O)NC1=S. The maximum atomic E-state index is 13.0. The highest BCUT2D eigenvalue weighted by Crippen LogP contribution is 2.29. The normalized spacial score (nSPS) is 17.9. The molecule has 2 aromatic rings. The summed E-state index contributed by atoms with van der Waals surface area (Å²) in [4.78, 5) is 53.7. The molecule has 0 saturated carbocycles. The molecule has 0 bridgehead atoms. The fraction of sp³-hybridized carbons (Fsp3) is 0.240. The van der Waals surface area contributed by atoms with Crippen LogP contribution in [0.3, 0.4) is 0 Å². The van der Waals surface area contributed by atoms with Crippen LogP contribution in [-0.4, -0.2) is 51.7 Å². The van der Waals surface area contributed by atoms with E-state index in [1.807, 2.05) is 13.8 Å². The fourth-order valence-electron chi connectivity index (χ4n) is 3.99. The lowest BCUT2D eigenvalue weighted by molar-refractivity contribution is -0.130. The molecule has 4 rings (SSSR count). The average Bonchev–Trinajstić information content (AvgIpc) is 3.06. The van der Waals surface area contributed by atoms with Gasteiger partial charge in [-0.15, -0.1) is 0 Å². The van der Waals surface area contributed by atoms with Crippen molar-refractivity contribution in [1.82, 2.24) is 15.1 Å². The molecular weight excluding hydrogens is 454 g/mol. The first-order chi connectivity index (χ1) is 16.3. The Morgan fingerprint density at radius 1 is 1.03 bits per heavy atom. The topological polar surface area (TPSA) is 96.0 Å². The molecule has 2 aliphatic heterocycles. The van der Waals surface area contributed by atoms with Crippen molar-refractivity contribution in [1.29, 1.82) is 0 Å². The van der Waals surface area contributed by atoms with Crippen molar-refractivity contribution in [2.24, 2.45) is 0 Å². The van der Waals surface area contributed by atoms with Gasteiger partial charge in [-0.1, -0.05) is 25.1 Å². The van der Waals surface area contributed by atoms with E-state index in [1.54, 1.807) is 42.5 Å². The van der Waals surface area contributed by atoms with E-state index in [4.69, 9.17) is 17.0 Å². The highest BCUT2D eigenvalue weighted by Gasteiger charge is 2.37. The van der Waals surface area contributed by atoms with Crippen LogP contribution >= 0.6 is 12.2 Å². The van der Waals surface area contributed by atoms with Crippen molar-refractivity contribution in [3.63, 3.8) is 0 Å². The Kier molecular flexibility index (Phi) is 6.30. The molecule has 174 valence electrons. The number of amides is 4. The zero-order chi connectivity index (χ0) is 24.6. The standard InChI is InChI=1S/C25H23N3O5S/c1-4-14(2)28-24(32)19(21(29)26-25(28)34)12-15-9-10-20(33-3)16(11-15)13-27-22(30)17-7-5-6-8-18(17)23(27)31/h5-12,14H,4,13H2,1-3H3,(H,26,29,34)/b19-12-. The summed E-state index contributed by atoms with van der Waals surface area (Å²) in [6.45, 7) is 3.76. The van der Waals surface area contributed by atoms with Crippen LogP contribution in [-0.2, 0) is 16.1 Å².